The molecular formula is C16H14F3N3O. The van der Waals surface area contributed by atoms with E-state index in [1.54, 1.807) is 18.2 Å². The molecule has 0 spiro atoms. The Hall–Kier alpha value is -2.83. The lowest BCUT2D eigenvalue weighted by atomic mass is 10.2. The fraction of sp³-hybridized carbons (Fsp3) is 0.125. The van der Waals surface area contributed by atoms with E-state index in [1.165, 1.54) is 30.3 Å². The van der Waals surface area contributed by atoms with Crippen LogP contribution in [0, 0.1) is 0 Å². The molecule has 0 saturated heterocycles. The van der Waals surface area contributed by atoms with Crippen LogP contribution in [0.1, 0.15) is 12.6 Å². The van der Waals surface area contributed by atoms with Crippen molar-refractivity contribution in [3.8, 4) is 5.69 Å². The quantitative estimate of drug-likeness (QED) is 0.684. The summed E-state index contributed by atoms with van der Waals surface area (Å²) in [6.07, 6.45) is 3.03. The van der Waals surface area contributed by atoms with Gasteiger partial charge < -0.3 is 5.32 Å². The average Bonchev–Trinajstić information content (AvgIpc) is 2.98. The van der Waals surface area contributed by atoms with Gasteiger partial charge in [0.2, 0.25) is 5.91 Å². The van der Waals surface area contributed by atoms with Crippen LogP contribution in [0.2, 0.25) is 0 Å². The monoisotopic (exact) mass is 321 g/mol. The molecule has 23 heavy (non-hydrogen) atoms. The van der Waals surface area contributed by atoms with Crippen LogP contribution in [0.5, 0.6) is 0 Å². The number of carbonyl (C=O) groups excluding carboxylic acids is 1. The average molecular weight is 321 g/mol. The van der Waals surface area contributed by atoms with Crippen molar-refractivity contribution in [3.63, 3.8) is 0 Å². The van der Waals surface area contributed by atoms with Crippen LogP contribution >= 0.6 is 0 Å². The number of nitrogens with zero attached hydrogens (tertiary/aromatic N) is 2. The maximum absolute atomic E-state index is 12.8. The van der Waals surface area contributed by atoms with Crippen molar-refractivity contribution in [2.45, 2.75) is 13.1 Å². The van der Waals surface area contributed by atoms with Crippen LogP contribution in [-0.4, -0.2) is 15.7 Å². The molecule has 2 aromatic rings. The van der Waals surface area contributed by atoms with E-state index in [-0.39, 0.29) is 11.6 Å². The molecule has 0 fully saturated rings. The number of alkyl halides is 3. The number of rotatable bonds is 4. The van der Waals surface area contributed by atoms with Gasteiger partial charge in [0.05, 0.1) is 11.9 Å². The van der Waals surface area contributed by atoms with E-state index in [2.05, 4.69) is 10.4 Å². The Morgan fingerprint density at radius 3 is 2.48 bits per heavy atom. The number of halogens is 3. The molecule has 2 rings (SSSR count). The molecule has 1 amide bonds. The Balaban J connectivity index is 2.15. The zero-order valence-corrected chi connectivity index (χ0v) is 12.2. The highest BCUT2D eigenvalue weighted by Crippen LogP contribution is 2.30. The summed E-state index contributed by atoms with van der Waals surface area (Å²) >= 11 is 0. The normalized spacial score (nSPS) is 12.2. The second-order valence-electron chi connectivity index (χ2n) is 4.55. The van der Waals surface area contributed by atoms with E-state index < -0.39 is 11.9 Å². The van der Waals surface area contributed by atoms with Gasteiger partial charge in [-0.1, -0.05) is 18.2 Å². The third-order valence-electron chi connectivity index (χ3n) is 2.86. The zero-order valence-electron chi connectivity index (χ0n) is 12.2. The van der Waals surface area contributed by atoms with Crippen LogP contribution < -0.4 is 5.32 Å². The number of allylic oxidation sites excluding steroid dienone is 3. The minimum absolute atomic E-state index is 0.254. The van der Waals surface area contributed by atoms with E-state index in [0.29, 0.717) is 5.69 Å². The van der Waals surface area contributed by atoms with Crippen LogP contribution in [0.4, 0.5) is 18.9 Å². The number of amides is 1. The Bertz CT molecular complexity index is 728. The molecule has 0 aliphatic carbocycles. The second-order valence-corrected chi connectivity index (χ2v) is 4.55. The molecular weight excluding hydrogens is 307 g/mol. The first kappa shape index (κ1) is 16.5. The number of aromatic nitrogens is 2. The molecule has 0 saturated carbocycles. The summed E-state index contributed by atoms with van der Waals surface area (Å²) in [5.74, 6) is -0.328. The van der Waals surface area contributed by atoms with Gasteiger partial charge in [-0.2, -0.15) is 18.3 Å². The van der Waals surface area contributed by atoms with E-state index in [4.69, 9.17) is 0 Å². The van der Waals surface area contributed by atoms with Gasteiger partial charge in [-0.15, -0.1) is 0 Å². The number of hydrogen-bond donors (Lipinski definition) is 1. The zero-order chi connectivity index (χ0) is 16.9. The maximum Gasteiger partial charge on any atom is 0.433 e. The highest BCUT2D eigenvalue weighted by molar-refractivity contribution is 5.99. The Labute approximate surface area is 130 Å². The largest absolute Gasteiger partial charge is 0.433 e. The predicted octanol–water partition coefficient (Wildman–Crippen LogP) is 3.96. The molecule has 1 aromatic carbocycles. The number of nitrogens with one attached hydrogen (secondary N) is 1. The molecule has 7 heteroatoms. The number of benzene rings is 1. The third kappa shape index (κ3) is 4.32. The molecule has 4 nitrogen and oxygen atoms in total. The molecule has 1 aromatic heterocycles. The van der Waals surface area contributed by atoms with E-state index in [0.717, 1.165) is 16.9 Å². The fourth-order valence-corrected chi connectivity index (χ4v) is 1.85. The summed E-state index contributed by atoms with van der Waals surface area (Å²) in [5, 5.41) is 6.29. The first-order chi connectivity index (χ1) is 10.9. The van der Waals surface area contributed by atoms with Gasteiger partial charge in [-0.05, 0) is 37.3 Å². The van der Waals surface area contributed by atoms with Gasteiger partial charge in [0, 0.05) is 11.8 Å². The Kier molecular flexibility index (Phi) is 5.00. The van der Waals surface area contributed by atoms with Gasteiger partial charge in [0.25, 0.3) is 0 Å². The first-order valence-corrected chi connectivity index (χ1v) is 6.74. The molecule has 0 bridgehead atoms. The number of carbonyl (C=O) groups is 1. The van der Waals surface area contributed by atoms with Crippen LogP contribution in [0.3, 0.4) is 0 Å². The van der Waals surface area contributed by atoms with Crippen molar-refractivity contribution in [2.75, 3.05) is 5.32 Å². The van der Waals surface area contributed by atoms with Gasteiger partial charge in [-0.3, -0.25) is 4.79 Å². The van der Waals surface area contributed by atoms with E-state index in [9.17, 15) is 18.0 Å². The topological polar surface area (TPSA) is 46.9 Å². The SMILES string of the molecule is C/C=C/C=C/C(=O)Nc1ccc(-n2nccc2C(F)(F)F)cc1. The fourth-order valence-electron chi connectivity index (χ4n) is 1.85. The molecule has 1 heterocycles. The molecule has 0 atom stereocenters. The lowest BCUT2D eigenvalue weighted by Gasteiger charge is -2.11. The van der Waals surface area contributed by atoms with Crippen molar-refractivity contribution in [1.29, 1.82) is 0 Å². The second kappa shape index (κ2) is 6.95. The van der Waals surface area contributed by atoms with Crippen molar-refractivity contribution in [3.05, 3.63) is 66.5 Å². The van der Waals surface area contributed by atoms with Gasteiger partial charge >= 0.3 is 6.18 Å². The predicted molar refractivity (Wildman–Crippen MR) is 81.1 cm³/mol. The van der Waals surface area contributed by atoms with Crippen LogP contribution in [-0.2, 0) is 11.0 Å². The smallest absolute Gasteiger partial charge is 0.323 e. The summed E-state index contributed by atoms with van der Waals surface area (Å²) in [6.45, 7) is 1.82. The van der Waals surface area contributed by atoms with Crippen molar-refractivity contribution < 1.29 is 18.0 Å². The molecule has 0 aliphatic heterocycles. The summed E-state index contributed by atoms with van der Waals surface area (Å²) in [7, 11) is 0. The van der Waals surface area contributed by atoms with Crippen LogP contribution in [0.15, 0.2) is 60.8 Å². The van der Waals surface area contributed by atoms with Crippen LogP contribution in [0.25, 0.3) is 5.69 Å². The third-order valence-corrected chi connectivity index (χ3v) is 2.86. The summed E-state index contributed by atoms with van der Waals surface area (Å²) in [6, 6.07) is 6.83. The van der Waals surface area contributed by atoms with E-state index in [1.807, 2.05) is 6.92 Å². The van der Waals surface area contributed by atoms with Crippen molar-refractivity contribution >= 4 is 11.6 Å². The van der Waals surface area contributed by atoms with Crippen molar-refractivity contribution in [2.24, 2.45) is 0 Å². The van der Waals surface area contributed by atoms with Gasteiger partial charge in [-0.25, -0.2) is 4.68 Å². The Morgan fingerprint density at radius 1 is 1.17 bits per heavy atom. The highest BCUT2D eigenvalue weighted by Gasteiger charge is 2.35. The maximum atomic E-state index is 12.8. The van der Waals surface area contributed by atoms with E-state index >= 15 is 0 Å². The summed E-state index contributed by atoms with van der Waals surface area (Å²) < 4.78 is 39.3. The molecule has 0 unspecified atom stereocenters. The van der Waals surface area contributed by atoms with Gasteiger partial charge in [0.15, 0.2) is 0 Å². The molecule has 120 valence electrons. The summed E-state index contributed by atoms with van der Waals surface area (Å²) in [5.41, 5.74) is -0.127. The minimum atomic E-state index is -4.49. The van der Waals surface area contributed by atoms with Gasteiger partial charge in [0.1, 0.15) is 5.69 Å². The standard InChI is InChI=1S/C16H14F3N3O/c1-2-3-4-5-15(23)21-12-6-8-13(9-7-12)22-14(10-11-20-22)16(17,18)19/h2-11H,1H3,(H,21,23)/b3-2+,5-4+. The Morgan fingerprint density at radius 2 is 1.87 bits per heavy atom. The molecule has 0 aliphatic rings. The molecule has 0 radical (unpaired) electrons. The summed E-state index contributed by atoms with van der Waals surface area (Å²) in [4.78, 5) is 11.6. The lowest BCUT2D eigenvalue weighted by molar-refractivity contribution is -0.142. The number of hydrogen-bond acceptors (Lipinski definition) is 2. The van der Waals surface area contributed by atoms with Crippen molar-refractivity contribution in [1.82, 2.24) is 9.78 Å². The minimum Gasteiger partial charge on any atom is -0.323 e. The first-order valence-electron chi connectivity index (χ1n) is 6.74. The number of anilines is 1. The molecule has 1 N–H and O–H groups in total. The highest BCUT2D eigenvalue weighted by atomic mass is 19.4. The lowest BCUT2D eigenvalue weighted by Crippen LogP contribution is -2.13.